The highest BCUT2D eigenvalue weighted by Gasteiger charge is 2.02. The van der Waals surface area contributed by atoms with Crippen molar-refractivity contribution in [3.63, 3.8) is 0 Å². The molecule has 0 saturated heterocycles. The molecule has 0 amide bonds. The van der Waals surface area contributed by atoms with Crippen molar-refractivity contribution in [1.82, 2.24) is 0 Å². The first-order valence-corrected chi connectivity index (χ1v) is 6.92. The van der Waals surface area contributed by atoms with Gasteiger partial charge in [0.15, 0.2) is 0 Å². The standard InChI is InChI=1S/C16H18BrN/c1-11-4-6-13(3)14(8-11)10-18-16-7-5-12(2)9-15(16)17/h4-9,18H,10H2,1-3H3. The fourth-order valence-electron chi connectivity index (χ4n) is 1.94. The SMILES string of the molecule is Cc1ccc(NCc2cc(C)ccc2C)c(Br)c1. The van der Waals surface area contributed by atoms with Crippen LogP contribution in [-0.4, -0.2) is 0 Å². The maximum absolute atomic E-state index is 3.59. The van der Waals surface area contributed by atoms with E-state index in [0.29, 0.717) is 0 Å². The first-order valence-electron chi connectivity index (χ1n) is 6.12. The van der Waals surface area contributed by atoms with Crippen molar-refractivity contribution in [2.24, 2.45) is 0 Å². The van der Waals surface area contributed by atoms with E-state index in [1.165, 1.54) is 22.3 Å². The van der Waals surface area contributed by atoms with Crippen molar-refractivity contribution in [1.29, 1.82) is 0 Å². The van der Waals surface area contributed by atoms with E-state index in [0.717, 1.165) is 16.7 Å². The van der Waals surface area contributed by atoms with Gasteiger partial charge in [-0.15, -0.1) is 0 Å². The molecule has 0 spiro atoms. The van der Waals surface area contributed by atoms with Crippen LogP contribution in [-0.2, 0) is 6.54 Å². The third-order valence-electron chi connectivity index (χ3n) is 3.10. The molecule has 2 aromatic rings. The van der Waals surface area contributed by atoms with Crippen molar-refractivity contribution >= 4 is 21.6 Å². The molecule has 0 atom stereocenters. The Morgan fingerprint density at radius 2 is 1.61 bits per heavy atom. The Bertz CT molecular complexity index is 561. The summed E-state index contributed by atoms with van der Waals surface area (Å²) in [5.74, 6) is 0. The summed E-state index contributed by atoms with van der Waals surface area (Å²) in [6, 6.07) is 12.9. The number of aryl methyl sites for hydroxylation is 3. The zero-order valence-corrected chi connectivity index (χ0v) is 12.6. The Labute approximate surface area is 117 Å². The molecule has 0 saturated carbocycles. The topological polar surface area (TPSA) is 12.0 Å². The monoisotopic (exact) mass is 303 g/mol. The van der Waals surface area contributed by atoms with Gasteiger partial charge in [-0.25, -0.2) is 0 Å². The number of hydrogen-bond donors (Lipinski definition) is 1. The Hall–Kier alpha value is -1.28. The molecule has 0 aromatic heterocycles. The summed E-state index contributed by atoms with van der Waals surface area (Å²) in [7, 11) is 0. The van der Waals surface area contributed by atoms with Gasteiger partial charge < -0.3 is 5.32 Å². The van der Waals surface area contributed by atoms with Gasteiger partial charge in [0.05, 0.1) is 0 Å². The van der Waals surface area contributed by atoms with E-state index in [-0.39, 0.29) is 0 Å². The molecule has 1 nitrogen and oxygen atoms in total. The second-order valence-corrected chi connectivity index (χ2v) is 5.62. The van der Waals surface area contributed by atoms with Gasteiger partial charge in [0, 0.05) is 16.7 Å². The molecule has 2 aromatic carbocycles. The normalized spacial score (nSPS) is 10.4. The Balaban J connectivity index is 2.13. The largest absolute Gasteiger partial charge is 0.380 e. The summed E-state index contributed by atoms with van der Waals surface area (Å²) in [5, 5.41) is 3.48. The van der Waals surface area contributed by atoms with Crippen molar-refractivity contribution in [2.45, 2.75) is 27.3 Å². The lowest BCUT2D eigenvalue weighted by atomic mass is 10.1. The van der Waals surface area contributed by atoms with E-state index in [4.69, 9.17) is 0 Å². The molecule has 2 heteroatoms. The second kappa shape index (κ2) is 5.57. The van der Waals surface area contributed by atoms with Crippen LogP contribution in [0.4, 0.5) is 5.69 Å². The van der Waals surface area contributed by atoms with Crippen LogP contribution < -0.4 is 5.32 Å². The second-order valence-electron chi connectivity index (χ2n) is 4.77. The number of halogens is 1. The number of benzene rings is 2. The summed E-state index contributed by atoms with van der Waals surface area (Å²) < 4.78 is 1.12. The highest BCUT2D eigenvalue weighted by atomic mass is 79.9. The average molecular weight is 304 g/mol. The fourth-order valence-corrected chi connectivity index (χ4v) is 2.58. The minimum atomic E-state index is 0.856. The van der Waals surface area contributed by atoms with E-state index < -0.39 is 0 Å². The molecule has 2 rings (SSSR count). The number of rotatable bonds is 3. The van der Waals surface area contributed by atoms with Crippen molar-refractivity contribution < 1.29 is 0 Å². The molecule has 0 bridgehead atoms. The quantitative estimate of drug-likeness (QED) is 0.842. The Morgan fingerprint density at radius 1 is 0.944 bits per heavy atom. The van der Waals surface area contributed by atoms with E-state index in [2.05, 4.69) is 78.4 Å². The predicted octanol–water partition coefficient (Wildman–Crippen LogP) is 4.99. The van der Waals surface area contributed by atoms with Crippen molar-refractivity contribution in [2.75, 3.05) is 5.32 Å². The lowest BCUT2D eigenvalue weighted by Gasteiger charge is -2.12. The van der Waals surface area contributed by atoms with Crippen LogP contribution in [0.1, 0.15) is 22.3 Å². The van der Waals surface area contributed by atoms with Crippen molar-refractivity contribution in [3.8, 4) is 0 Å². The predicted molar refractivity (Wildman–Crippen MR) is 82.1 cm³/mol. The molecule has 0 heterocycles. The number of nitrogens with one attached hydrogen (secondary N) is 1. The van der Waals surface area contributed by atoms with E-state index in [1.54, 1.807) is 0 Å². The third kappa shape index (κ3) is 3.14. The van der Waals surface area contributed by atoms with Gasteiger partial charge in [-0.1, -0.05) is 29.8 Å². The summed E-state index contributed by atoms with van der Waals surface area (Å²) in [6.07, 6.45) is 0. The maximum Gasteiger partial charge on any atom is 0.0487 e. The zero-order valence-electron chi connectivity index (χ0n) is 11.0. The van der Waals surface area contributed by atoms with Gasteiger partial charge in [0.25, 0.3) is 0 Å². The Morgan fingerprint density at radius 3 is 2.33 bits per heavy atom. The highest BCUT2D eigenvalue weighted by molar-refractivity contribution is 9.10. The van der Waals surface area contributed by atoms with E-state index in [9.17, 15) is 0 Å². The van der Waals surface area contributed by atoms with Crippen LogP contribution >= 0.6 is 15.9 Å². The van der Waals surface area contributed by atoms with Crippen LogP contribution in [0.25, 0.3) is 0 Å². The minimum absolute atomic E-state index is 0.856. The van der Waals surface area contributed by atoms with Gasteiger partial charge in [-0.2, -0.15) is 0 Å². The Kier molecular flexibility index (Phi) is 4.07. The lowest BCUT2D eigenvalue weighted by molar-refractivity contribution is 1.11. The molecule has 0 aliphatic heterocycles. The highest BCUT2D eigenvalue weighted by Crippen LogP contribution is 2.24. The molecule has 0 radical (unpaired) electrons. The van der Waals surface area contributed by atoms with Crippen LogP contribution in [0.2, 0.25) is 0 Å². The summed E-state index contributed by atoms with van der Waals surface area (Å²) in [4.78, 5) is 0. The van der Waals surface area contributed by atoms with E-state index >= 15 is 0 Å². The van der Waals surface area contributed by atoms with Gasteiger partial charge in [0.1, 0.15) is 0 Å². The van der Waals surface area contributed by atoms with Gasteiger partial charge >= 0.3 is 0 Å². The summed E-state index contributed by atoms with van der Waals surface area (Å²) >= 11 is 3.59. The lowest BCUT2D eigenvalue weighted by Crippen LogP contribution is -2.02. The van der Waals surface area contributed by atoms with Crippen LogP contribution in [0.5, 0.6) is 0 Å². The minimum Gasteiger partial charge on any atom is -0.380 e. The molecule has 0 fully saturated rings. The van der Waals surface area contributed by atoms with Crippen LogP contribution in [0.15, 0.2) is 40.9 Å². The zero-order chi connectivity index (χ0) is 13.1. The molecule has 18 heavy (non-hydrogen) atoms. The molecule has 0 aliphatic carbocycles. The molecule has 1 N–H and O–H groups in total. The molecular formula is C16H18BrN. The molecule has 94 valence electrons. The van der Waals surface area contributed by atoms with Crippen LogP contribution in [0, 0.1) is 20.8 Å². The van der Waals surface area contributed by atoms with Crippen LogP contribution in [0.3, 0.4) is 0 Å². The molecule has 0 aliphatic rings. The first-order chi connectivity index (χ1) is 8.56. The number of anilines is 1. The number of hydrogen-bond acceptors (Lipinski definition) is 1. The van der Waals surface area contributed by atoms with Gasteiger partial charge in [-0.05, 0) is 65.5 Å². The van der Waals surface area contributed by atoms with Gasteiger partial charge in [-0.3, -0.25) is 0 Å². The molecular weight excluding hydrogens is 286 g/mol. The summed E-state index contributed by atoms with van der Waals surface area (Å²) in [6.45, 7) is 7.24. The van der Waals surface area contributed by atoms with Gasteiger partial charge in [0.2, 0.25) is 0 Å². The fraction of sp³-hybridized carbons (Fsp3) is 0.250. The van der Waals surface area contributed by atoms with E-state index in [1.807, 2.05) is 0 Å². The first kappa shape index (κ1) is 13.2. The summed E-state index contributed by atoms with van der Waals surface area (Å²) in [5.41, 5.74) is 6.39. The smallest absolute Gasteiger partial charge is 0.0487 e. The average Bonchev–Trinajstić information content (AvgIpc) is 2.32. The van der Waals surface area contributed by atoms with Crippen molar-refractivity contribution in [3.05, 3.63) is 63.1 Å². The maximum atomic E-state index is 3.59. The third-order valence-corrected chi connectivity index (χ3v) is 3.75. The molecule has 0 unspecified atom stereocenters.